The van der Waals surface area contributed by atoms with E-state index in [-0.39, 0.29) is 17.9 Å². The van der Waals surface area contributed by atoms with Crippen LogP contribution >= 0.6 is 11.6 Å². The van der Waals surface area contributed by atoms with Crippen molar-refractivity contribution in [1.82, 2.24) is 15.5 Å². The van der Waals surface area contributed by atoms with Crippen LogP contribution in [0.1, 0.15) is 31.7 Å². The Bertz CT molecular complexity index is 1010. The Hall–Kier alpha value is -2.92. The van der Waals surface area contributed by atoms with Gasteiger partial charge in [0.2, 0.25) is 5.91 Å². The number of aromatic nitrogens is 2. The van der Waals surface area contributed by atoms with Gasteiger partial charge in [-0.05, 0) is 62.4 Å². The third-order valence-electron chi connectivity index (χ3n) is 6.00. The van der Waals surface area contributed by atoms with Gasteiger partial charge in [-0.1, -0.05) is 54.1 Å². The first-order valence-corrected chi connectivity index (χ1v) is 11.7. The summed E-state index contributed by atoms with van der Waals surface area (Å²) in [4.78, 5) is 15.0. The molecule has 0 bridgehead atoms. The van der Waals surface area contributed by atoms with Gasteiger partial charge in [-0.3, -0.25) is 4.79 Å². The van der Waals surface area contributed by atoms with E-state index in [0.717, 1.165) is 49.3 Å². The standard InChI is InChI=1S/C26H29ClN4O/c1-19(9-10-20-6-3-2-4-7-20)28-26(32)22-8-5-17-31(18-22)25-16-15-24(29-30-25)21-11-13-23(27)14-12-21/h2-4,6-7,11-16,19,22H,5,8-10,17-18H2,1H3,(H,28,32). The fourth-order valence-electron chi connectivity index (χ4n) is 4.13. The van der Waals surface area contributed by atoms with Gasteiger partial charge in [0.05, 0.1) is 11.6 Å². The number of halogens is 1. The summed E-state index contributed by atoms with van der Waals surface area (Å²) in [5.74, 6) is 0.930. The van der Waals surface area contributed by atoms with Gasteiger partial charge >= 0.3 is 0 Å². The Morgan fingerprint density at radius 3 is 2.59 bits per heavy atom. The van der Waals surface area contributed by atoms with Crippen molar-refractivity contribution in [2.45, 2.75) is 38.6 Å². The molecule has 1 fully saturated rings. The van der Waals surface area contributed by atoms with E-state index in [1.54, 1.807) is 0 Å². The van der Waals surface area contributed by atoms with Crippen LogP contribution < -0.4 is 10.2 Å². The Kier molecular flexibility index (Phi) is 7.38. The summed E-state index contributed by atoms with van der Waals surface area (Å²) in [7, 11) is 0. The highest BCUT2D eigenvalue weighted by Crippen LogP contribution is 2.24. The summed E-state index contributed by atoms with van der Waals surface area (Å²) in [6.45, 7) is 3.65. The Morgan fingerprint density at radius 1 is 1.09 bits per heavy atom. The molecule has 166 valence electrons. The second-order valence-corrected chi connectivity index (χ2v) is 8.94. The first kappa shape index (κ1) is 22.3. The number of nitrogens with one attached hydrogen (secondary N) is 1. The van der Waals surface area contributed by atoms with Crippen molar-refractivity contribution < 1.29 is 4.79 Å². The van der Waals surface area contributed by atoms with Crippen LogP contribution in [0, 0.1) is 5.92 Å². The molecular formula is C26H29ClN4O. The van der Waals surface area contributed by atoms with Crippen LogP contribution in [0.4, 0.5) is 5.82 Å². The fraction of sp³-hybridized carbons (Fsp3) is 0.346. The van der Waals surface area contributed by atoms with Gasteiger partial charge in [0.25, 0.3) is 0 Å². The van der Waals surface area contributed by atoms with Crippen LogP contribution in [-0.4, -0.2) is 35.2 Å². The molecule has 32 heavy (non-hydrogen) atoms. The smallest absolute Gasteiger partial charge is 0.225 e. The molecule has 0 spiro atoms. The minimum Gasteiger partial charge on any atom is -0.354 e. The highest BCUT2D eigenvalue weighted by Gasteiger charge is 2.27. The highest BCUT2D eigenvalue weighted by atomic mass is 35.5. The van der Waals surface area contributed by atoms with E-state index >= 15 is 0 Å². The second kappa shape index (κ2) is 10.6. The molecule has 4 rings (SSSR count). The van der Waals surface area contributed by atoms with Gasteiger partial charge in [-0.2, -0.15) is 0 Å². The van der Waals surface area contributed by atoms with Gasteiger partial charge < -0.3 is 10.2 Å². The zero-order valence-corrected chi connectivity index (χ0v) is 19.1. The lowest BCUT2D eigenvalue weighted by Crippen LogP contribution is -2.45. The topological polar surface area (TPSA) is 58.1 Å². The van der Waals surface area contributed by atoms with Crippen LogP contribution in [0.15, 0.2) is 66.7 Å². The molecule has 2 heterocycles. The number of amides is 1. The molecule has 5 nitrogen and oxygen atoms in total. The molecule has 1 N–H and O–H groups in total. The number of rotatable bonds is 7. The van der Waals surface area contributed by atoms with Crippen LogP contribution in [0.25, 0.3) is 11.3 Å². The van der Waals surface area contributed by atoms with Crippen LogP contribution in [0.5, 0.6) is 0 Å². The summed E-state index contributed by atoms with van der Waals surface area (Å²) in [6.07, 6.45) is 3.78. The van der Waals surface area contributed by atoms with E-state index in [4.69, 9.17) is 11.6 Å². The molecule has 1 amide bonds. The van der Waals surface area contributed by atoms with Crippen LogP contribution in [0.3, 0.4) is 0 Å². The lowest BCUT2D eigenvalue weighted by Gasteiger charge is -2.33. The molecule has 2 atom stereocenters. The number of hydrogen-bond donors (Lipinski definition) is 1. The minimum atomic E-state index is -0.0272. The van der Waals surface area contributed by atoms with Crippen LogP contribution in [0.2, 0.25) is 5.02 Å². The van der Waals surface area contributed by atoms with E-state index in [2.05, 4.69) is 51.6 Å². The first-order valence-electron chi connectivity index (χ1n) is 11.3. The van der Waals surface area contributed by atoms with Gasteiger partial charge in [0, 0.05) is 29.7 Å². The zero-order chi connectivity index (χ0) is 22.3. The fourth-order valence-corrected chi connectivity index (χ4v) is 4.25. The van der Waals surface area contributed by atoms with E-state index < -0.39 is 0 Å². The predicted octanol–water partition coefficient (Wildman–Crippen LogP) is 5.15. The molecule has 0 saturated carbocycles. The number of hydrogen-bond acceptors (Lipinski definition) is 4. The summed E-state index contributed by atoms with van der Waals surface area (Å²) in [6, 6.07) is 22.1. The molecule has 1 saturated heterocycles. The number of carbonyl (C=O) groups excluding carboxylic acids is 1. The summed E-state index contributed by atoms with van der Waals surface area (Å²) >= 11 is 5.97. The first-order chi connectivity index (χ1) is 15.6. The van der Waals surface area contributed by atoms with E-state index in [1.807, 2.05) is 42.5 Å². The maximum atomic E-state index is 12.9. The molecular weight excluding hydrogens is 420 g/mol. The molecule has 2 aromatic carbocycles. The van der Waals surface area contributed by atoms with Crippen molar-refractivity contribution in [2.24, 2.45) is 5.92 Å². The SMILES string of the molecule is CC(CCc1ccccc1)NC(=O)C1CCCN(c2ccc(-c3ccc(Cl)cc3)nn2)C1. The Balaban J connectivity index is 1.31. The quantitative estimate of drug-likeness (QED) is 0.543. The van der Waals surface area contributed by atoms with Gasteiger partial charge in [-0.25, -0.2) is 0 Å². The summed E-state index contributed by atoms with van der Waals surface area (Å²) in [5, 5.41) is 12.7. The molecule has 1 aromatic heterocycles. The van der Waals surface area contributed by atoms with E-state index in [1.165, 1.54) is 5.56 Å². The normalized spacial score (nSPS) is 17.1. The molecule has 0 aliphatic carbocycles. The second-order valence-electron chi connectivity index (χ2n) is 8.50. The largest absolute Gasteiger partial charge is 0.354 e. The van der Waals surface area contributed by atoms with Crippen molar-refractivity contribution in [2.75, 3.05) is 18.0 Å². The molecule has 0 radical (unpaired) electrons. The lowest BCUT2D eigenvalue weighted by atomic mass is 9.96. The third kappa shape index (κ3) is 5.86. The number of benzene rings is 2. The van der Waals surface area contributed by atoms with Crippen molar-refractivity contribution >= 4 is 23.3 Å². The number of nitrogens with zero attached hydrogens (tertiary/aromatic N) is 3. The van der Waals surface area contributed by atoms with Gasteiger partial charge in [0.15, 0.2) is 5.82 Å². The van der Waals surface area contributed by atoms with Gasteiger partial charge in [0.1, 0.15) is 0 Å². The summed E-state index contributed by atoms with van der Waals surface area (Å²) < 4.78 is 0. The monoisotopic (exact) mass is 448 g/mol. The Morgan fingerprint density at radius 2 is 1.88 bits per heavy atom. The maximum Gasteiger partial charge on any atom is 0.225 e. The van der Waals surface area contributed by atoms with Crippen molar-refractivity contribution in [3.05, 3.63) is 77.3 Å². The Labute approximate surface area is 194 Å². The molecule has 3 aromatic rings. The predicted molar refractivity (Wildman–Crippen MR) is 130 cm³/mol. The number of anilines is 1. The number of aryl methyl sites for hydroxylation is 1. The lowest BCUT2D eigenvalue weighted by molar-refractivity contribution is -0.125. The molecule has 2 unspecified atom stereocenters. The third-order valence-corrected chi connectivity index (χ3v) is 6.26. The number of carbonyl (C=O) groups is 1. The van der Waals surface area contributed by atoms with Crippen LogP contribution in [-0.2, 0) is 11.2 Å². The highest BCUT2D eigenvalue weighted by molar-refractivity contribution is 6.30. The summed E-state index contributed by atoms with van der Waals surface area (Å²) in [5.41, 5.74) is 3.09. The zero-order valence-electron chi connectivity index (χ0n) is 18.4. The average molecular weight is 449 g/mol. The minimum absolute atomic E-state index is 0.0272. The van der Waals surface area contributed by atoms with Crippen molar-refractivity contribution in [1.29, 1.82) is 0 Å². The van der Waals surface area contributed by atoms with E-state index in [0.29, 0.717) is 11.6 Å². The van der Waals surface area contributed by atoms with Gasteiger partial charge in [-0.15, -0.1) is 10.2 Å². The molecule has 1 aliphatic rings. The maximum absolute atomic E-state index is 12.9. The van der Waals surface area contributed by atoms with Crippen molar-refractivity contribution in [3.8, 4) is 11.3 Å². The van der Waals surface area contributed by atoms with E-state index in [9.17, 15) is 4.79 Å². The molecule has 6 heteroatoms. The average Bonchev–Trinajstić information content (AvgIpc) is 2.84. The molecule has 1 aliphatic heterocycles. The van der Waals surface area contributed by atoms with Crippen molar-refractivity contribution in [3.63, 3.8) is 0 Å². The number of piperidine rings is 1.